The summed E-state index contributed by atoms with van der Waals surface area (Å²) >= 11 is 0. The number of esters is 1. The van der Waals surface area contributed by atoms with Crippen molar-refractivity contribution in [1.82, 2.24) is 4.90 Å². The lowest BCUT2D eigenvalue weighted by Crippen LogP contribution is -2.61. The van der Waals surface area contributed by atoms with Gasteiger partial charge in [-0.05, 0) is 120 Å². The molecule has 2 N–H and O–H groups in total. The van der Waals surface area contributed by atoms with E-state index in [1.54, 1.807) is 17.0 Å². The maximum absolute atomic E-state index is 15.0. The Morgan fingerprint density at radius 1 is 1.02 bits per heavy atom. The van der Waals surface area contributed by atoms with E-state index in [2.05, 4.69) is 19.9 Å². The van der Waals surface area contributed by atoms with E-state index in [0.717, 1.165) is 30.4 Å². The number of nitrogens with zero attached hydrogens (tertiary/aromatic N) is 1. The Bertz CT molecular complexity index is 1710. The number of ether oxygens (including phenoxy) is 2. The average Bonchev–Trinajstić information content (AvgIpc) is 3.91. The van der Waals surface area contributed by atoms with E-state index in [0.29, 0.717) is 70.1 Å². The monoisotopic (exact) mass is 701 g/mol. The van der Waals surface area contributed by atoms with E-state index in [1.807, 2.05) is 39.0 Å². The Morgan fingerprint density at radius 3 is 2.49 bits per heavy atom. The molecule has 1 aromatic heterocycles. The third-order valence-electron chi connectivity index (χ3n) is 14.3. The number of hydrogen-bond donors (Lipinski definition) is 2. The van der Waals surface area contributed by atoms with Gasteiger partial charge in [0.2, 0.25) is 5.78 Å². The molecule has 0 unspecified atom stereocenters. The molecule has 3 heterocycles. The van der Waals surface area contributed by atoms with Crippen LogP contribution in [-0.2, 0) is 25.5 Å². The molecular weight excluding hydrogens is 646 g/mol. The summed E-state index contributed by atoms with van der Waals surface area (Å²) in [6, 6.07) is 9.28. The Balaban J connectivity index is 1.30. The van der Waals surface area contributed by atoms with Crippen molar-refractivity contribution in [3.05, 3.63) is 70.7 Å². The summed E-state index contributed by atoms with van der Waals surface area (Å²) in [7, 11) is 0. The number of carbonyl (C=O) groups is 3. The minimum absolute atomic E-state index is 0.0687. The second kappa shape index (κ2) is 13.0. The fourth-order valence-electron chi connectivity index (χ4n) is 10.3. The Morgan fingerprint density at radius 2 is 1.82 bits per heavy atom. The number of hydrogen-bond acceptors (Lipinski definition) is 8. The van der Waals surface area contributed by atoms with Gasteiger partial charge in [-0.15, -0.1) is 0 Å². The number of ketones is 1. The Kier molecular flexibility index (Phi) is 9.20. The summed E-state index contributed by atoms with van der Waals surface area (Å²) in [5.41, 5.74) is -1.42. The molecule has 9 nitrogen and oxygen atoms in total. The van der Waals surface area contributed by atoms with Crippen LogP contribution in [-0.4, -0.2) is 75.9 Å². The van der Waals surface area contributed by atoms with Crippen molar-refractivity contribution in [3.8, 4) is 0 Å². The van der Waals surface area contributed by atoms with Crippen LogP contribution in [0.25, 0.3) is 0 Å². The molecule has 7 atom stereocenters. The van der Waals surface area contributed by atoms with Crippen molar-refractivity contribution >= 4 is 17.7 Å². The molecule has 4 aliphatic carbocycles. The molecular formula is C42H55NO8. The van der Waals surface area contributed by atoms with Crippen molar-refractivity contribution in [2.45, 2.75) is 135 Å². The van der Waals surface area contributed by atoms with E-state index in [-0.39, 0.29) is 42.0 Å². The predicted molar refractivity (Wildman–Crippen MR) is 191 cm³/mol. The zero-order valence-electron chi connectivity index (χ0n) is 31.0. The molecule has 2 saturated carbocycles. The highest BCUT2D eigenvalue weighted by atomic mass is 16.6. The standard InChI is InChI=1S/C42H55NO8/c1-27-9-6-17-39(4)33(31-15-13-28(23-29(44)14-12-27)24-32(31)35(45)34-11-8-22-50-34)16-18-41(39,48)26-43(25-30-10-7-21-49-30)36(46)42-20-19-40(5,37(47)51-42)38(42,2)3/h8-9,11,13,15,22,24,29-30,33,44,48H,6-7,10,12,14,16-21,23,25-26H2,1-5H3/t29-,30+,33-,39-,40-,41+,42+/m0/s1. The summed E-state index contributed by atoms with van der Waals surface area (Å²) in [6.45, 7) is 11.1. The van der Waals surface area contributed by atoms with Gasteiger partial charge in [0.15, 0.2) is 11.4 Å². The molecule has 2 saturated heterocycles. The van der Waals surface area contributed by atoms with E-state index in [9.17, 15) is 19.8 Å². The highest BCUT2D eigenvalue weighted by molar-refractivity contribution is 6.08. The van der Waals surface area contributed by atoms with Crippen molar-refractivity contribution < 1.29 is 38.5 Å². The SMILES string of the molecule is CC1=CCC[C@@]2(C)[C@@H](CC[C@@]2(O)CN(C[C@H]2CCCO2)C(=O)[C@@]23CC[C@@](C)(C(=O)O2)C3(C)C)c2ccc(cc2C(=O)c2ccco2)C[C@@H](O)CC1. The average molecular weight is 702 g/mol. The van der Waals surface area contributed by atoms with Crippen LogP contribution in [0.15, 0.2) is 52.7 Å². The number of benzene rings is 1. The lowest BCUT2D eigenvalue weighted by atomic mass is 9.64. The second-order valence-electron chi connectivity index (χ2n) is 17.2. The van der Waals surface area contributed by atoms with Gasteiger partial charge in [0, 0.05) is 29.5 Å². The zero-order valence-corrected chi connectivity index (χ0v) is 31.0. The summed E-state index contributed by atoms with van der Waals surface area (Å²) < 4.78 is 17.8. The fourth-order valence-corrected chi connectivity index (χ4v) is 10.3. The number of furan rings is 1. The largest absolute Gasteiger partial charge is 0.461 e. The molecule has 4 fully saturated rings. The number of fused-ring (bicyclic) bond motifs is 10. The number of carbonyl (C=O) groups excluding carboxylic acids is 3. The molecule has 9 heteroatoms. The van der Waals surface area contributed by atoms with Crippen LogP contribution in [0.1, 0.15) is 132 Å². The molecule has 0 radical (unpaired) electrons. The van der Waals surface area contributed by atoms with Crippen LogP contribution < -0.4 is 0 Å². The van der Waals surface area contributed by atoms with E-state index in [4.69, 9.17) is 13.9 Å². The first-order chi connectivity index (χ1) is 24.1. The van der Waals surface area contributed by atoms with Gasteiger partial charge in [-0.1, -0.05) is 44.6 Å². The van der Waals surface area contributed by atoms with E-state index < -0.39 is 33.6 Å². The van der Waals surface area contributed by atoms with Gasteiger partial charge < -0.3 is 29.0 Å². The molecule has 8 rings (SSSR count). The summed E-state index contributed by atoms with van der Waals surface area (Å²) in [6.07, 6.45) is 9.91. The highest BCUT2D eigenvalue weighted by Gasteiger charge is 2.76. The van der Waals surface area contributed by atoms with E-state index in [1.165, 1.54) is 11.8 Å². The third kappa shape index (κ3) is 5.73. The van der Waals surface area contributed by atoms with Gasteiger partial charge in [-0.2, -0.15) is 0 Å². The summed E-state index contributed by atoms with van der Waals surface area (Å²) in [4.78, 5) is 44.2. The van der Waals surface area contributed by atoms with Crippen molar-refractivity contribution in [2.75, 3.05) is 19.7 Å². The van der Waals surface area contributed by atoms with Gasteiger partial charge >= 0.3 is 5.97 Å². The first kappa shape index (κ1) is 36.1. The highest BCUT2D eigenvalue weighted by Crippen LogP contribution is 2.66. The zero-order chi connectivity index (χ0) is 36.4. The quantitative estimate of drug-likeness (QED) is 0.186. The number of rotatable bonds is 7. The second-order valence-corrected chi connectivity index (χ2v) is 17.2. The van der Waals surface area contributed by atoms with Crippen LogP contribution in [0.3, 0.4) is 0 Å². The summed E-state index contributed by atoms with van der Waals surface area (Å²) in [5, 5.41) is 24.1. The van der Waals surface area contributed by atoms with Crippen LogP contribution in [0.5, 0.6) is 0 Å². The maximum Gasteiger partial charge on any atom is 0.313 e. The van der Waals surface area contributed by atoms with Crippen molar-refractivity contribution in [3.63, 3.8) is 0 Å². The van der Waals surface area contributed by atoms with Crippen molar-refractivity contribution in [2.24, 2.45) is 16.2 Å². The van der Waals surface area contributed by atoms with Crippen LogP contribution in [0, 0.1) is 16.2 Å². The number of allylic oxidation sites excluding steroid dienone is 2. The fraction of sp³-hybridized carbons (Fsp3) is 0.643. The normalized spacial score (nSPS) is 36.0. The Hall–Kier alpha value is -3.27. The molecule has 1 aromatic carbocycles. The van der Waals surface area contributed by atoms with Crippen LogP contribution >= 0.6 is 0 Å². The first-order valence-electron chi connectivity index (χ1n) is 19.1. The molecule has 6 aliphatic rings. The predicted octanol–water partition coefficient (Wildman–Crippen LogP) is 6.68. The first-order valence-corrected chi connectivity index (χ1v) is 19.1. The molecule has 2 aliphatic heterocycles. The van der Waals surface area contributed by atoms with Crippen LogP contribution in [0.4, 0.5) is 0 Å². The van der Waals surface area contributed by atoms with Gasteiger partial charge in [-0.3, -0.25) is 14.4 Å². The lowest BCUT2D eigenvalue weighted by molar-refractivity contribution is -0.178. The van der Waals surface area contributed by atoms with Gasteiger partial charge in [0.1, 0.15) is 0 Å². The van der Waals surface area contributed by atoms with Crippen molar-refractivity contribution in [1.29, 1.82) is 0 Å². The molecule has 4 bridgehead atoms. The van der Waals surface area contributed by atoms with Gasteiger partial charge in [0.25, 0.3) is 5.91 Å². The van der Waals surface area contributed by atoms with Gasteiger partial charge in [0.05, 0.1) is 36.0 Å². The molecule has 1 amide bonds. The maximum atomic E-state index is 15.0. The summed E-state index contributed by atoms with van der Waals surface area (Å²) in [5.74, 6) is -0.760. The third-order valence-corrected chi connectivity index (χ3v) is 14.3. The smallest absolute Gasteiger partial charge is 0.313 e. The lowest BCUT2D eigenvalue weighted by Gasteiger charge is -2.48. The topological polar surface area (TPSA) is 127 Å². The van der Waals surface area contributed by atoms with Gasteiger partial charge in [-0.25, -0.2) is 0 Å². The number of amides is 1. The molecule has 2 aromatic rings. The number of aliphatic hydroxyl groups is 2. The number of aliphatic hydroxyl groups excluding tert-OH is 1. The Labute approximate surface area is 301 Å². The molecule has 276 valence electrons. The minimum Gasteiger partial charge on any atom is -0.461 e. The van der Waals surface area contributed by atoms with Crippen LogP contribution in [0.2, 0.25) is 0 Å². The molecule has 51 heavy (non-hydrogen) atoms. The minimum atomic E-state index is -1.32. The van der Waals surface area contributed by atoms with E-state index >= 15 is 4.79 Å². The molecule has 0 spiro atoms.